The molecule has 0 aromatic heterocycles. The molecule has 2 amide bonds. The molecular formula is C15H18ClN3O3. The van der Waals surface area contributed by atoms with E-state index in [-0.39, 0.29) is 6.04 Å². The summed E-state index contributed by atoms with van der Waals surface area (Å²) in [5, 5.41) is 6.68. The molecule has 0 fully saturated rings. The Morgan fingerprint density at radius 3 is 2.77 bits per heavy atom. The highest BCUT2D eigenvalue weighted by atomic mass is 35.5. The zero-order valence-electron chi connectivity index (χ0n) is 12.4. The van der Waals surface area contributed by atoms with Crippen molar-refractivity contribution in [3.05, 3.63) is 41.4 Å². The minimum absolute atomic E-state index is 0.130. The molecule has 0 saturated heterocycles. The highest BCUT2D eigenvalue weighted by Crippen LogP contribution is 2.21. The van der Waals surface area contributed by atoms with Crippen molar-refractivity contribution in [3.63, 3.8) is 0 Å². The summed E-state index contributed by atoms with van der Waals surface area (Å²) in [7, 11) is 0. The number of hydrazone groups is 1. The van der Waals surface area contributed by atoms with E-state index in [2.05, 4.69) is 22.4 Å². The fraction of sp³-hybridized carbons (Fsp3) is 0.267. The van der Waals surface area contributed by atoms with Crippen LogP contribution in [0.25, 0.3) is 0 Å². The van der Waals surface area contributed by atoms with E-state index in [0.717, 1.165) is 0 Å². The van der Waals surface area contributed by atoms with Crippen molar-refractivity contribution >= 4 is 29.6 Å². The summed E-state index contributed by atoms with van der Waals surface area (Å²) in [5.41, 5.74) is 2.71. The Morgan fingerprint density at radius 1 is 1.41 bits per heavy atom. The molecule has 0 aliphatic carbocycles. The largest absolute Gasteiger partial charge is 0.489 e. The zero-order valence-corrected chi connectivity index (χ0v) is 13.2. The summed E-state index contributed by atoms with van der Waals surface area (Å²) in [4.78, 5) is 22.9. The number of amides is 2. The first-order valence-corrected chi connectivity index (χ1v) is 6.99. The lowest BCUT2D eigenvalue weighted by Gasteiger charge is -2.08. The summed E-state index contributed by atoms with van der Waals surface area (Å²) in [6.07, 6.45) is 2.96. The van der Waals surface area contributed by atoms with Gasteiger partial charge in [0.15, 0.2) is 0 Å². The smallest absolute Gasteiger partial charge is 0.329 e. The van der Waals surface area contributed by atoms with Crippen LogP contribution in [-0.4, -0.2) is 30.7 Å². The van der Waals surface area contributed by atoms with Gasteiger partial charge < -0.3 is 10.1 Å². The zero-order chi connectivity index (χ0) is 16.5. The van der Waals surface area contributed by atoms with Crippen molar-refractivity contribution in [2.75, 3.05) is 6.61 Å². The summed E-state index contributed by atoms with van der Waals surface area (Å²) >= 11 is 5.91. The molecule has 0 bridgehead atoms. The first-order chi connectivity index (χ1) is 10.4. The molecular weight excluding hydrogens is 306 g/mol. The Bertz CT molecular complexity index is 585. The number of hydrogen-bond acceptors (Lipinski definition) is 4. The van der Waals surface area contributed by atoms with Crippen molar-refractivity contribution in [2.24, 2.45) is 5.10 Å². The van der Waals surface area contributed by atoms with E-state index in [1.165, 1.54) is 6.21 Å². The maximum atomic E-state index is 11.5. The SMILES string of the molecule is C=CCOc1ccc(Cl)cc1/C=N\NC(=O)C(=O)NC(C)C. The van der Waals surface area contributed by atoms with Crippen LogP contribution in [0.15, 0.2) is 36.0 Å². The van der Waals surface area contributed by atoms with Gasteiger partial charge in [-0.3, -0.25) is 9.59 Å². The molecule has 22 heavy (non-hydrogen) atoms. The van der Waals surface area contributed by atoms with Gasteiger partial charge in [0.2, 0.25) is 0 Å². The third-order valence-corrected chi connectivity index (χ3v) is 2.56. The lowest BCUT2D eigenvalue weighted by atomic mass is 10.2. The molecule has 118 valence electrons. The Hall–Kier alpha value is -2.34. The van der Waals surface area contributed by atoms with Gasteiger partial charge in [-0.2, -0.15) is 5.10 Å². The van der Waals surface area contributed by atoms with Crippen LogP contribution in [0.5, 0.6) is 5.75 Å². The number of nitrogens with one attached hydrogen (secondary N) is 2. The Labute approximate surface area is 134 Å². The fourth-order valence-electron chi connectivity index (χ4n) is 1.44. The maximum Gasteiger partial charge on any atom is 0.329 e. The van der Waals surface area contributed by atoms with Crippen LogP contribution in [0.3, 0.4) is 0 Å². The average molecular weight is 324 g/mol. The summed E-state index contributed by atoms with van der Waals surface area (Å²) in [5.74, 6) is -1.06. The van der Waals surface area contributed by atoms with Gasteiger partial charge in [-0.1, -0.05) is 24.3 Å². The molecule has 0 heterocycles. The summed E-state index contributed by atoms with van der Waals surface area (Å²) in [6.45, 7) is 7.40. The van der Waals surface area contributed by atoms with Crippen LogP contribution in [0, 0.1) is 0 Å². The van der Waals surface area contributed by atoms with Crippen LogP contribution < -0.4 is 15.5 Å². The fourth-order valence-corrected chi connectivity index (χ4v) is 1.62. The third kappa shape index (κ3) is 5.97. The molecule has 1 aromatic rings. The van der Waals surface area contributed by atoms with E-state index in [1.54, 1.807) is 38.1 Å². The molecule has 0 unspecified atom stereocenters. The second-order valence-corrected chi connectivity index (χ2v) is 5.05. The van der Waals surface area contributed by atoms with Crippen molar-refractivity contribution in [1.82, 2.24) is 10.7 Å². The number of nitrogens with zero attached hydrogens (tertiary/aromatic N) is 1. The van der Waals surface area contributed by atoms with Crippen molar-refractivity contribution < 1.29 is 14.3 Å². The number of halogens is 1. The van der Waals surface area contributed by atoms with Crippen LogP contribution in [-0.2, 0) is 9.59 Å². The lowest BCUT2D eigenvalue weighted by molar-refractivity contribution is -0.139. The van der Waals surface area contributed by atoms with E-state index in [9.17, 15) is 9.59 Å². The normalized spacial score (nSPS) is 10.5. The number of rotatable bonds is 6. The van der Waals surface area contributed by atoms with E-state index in [1.807, 2.05) is 0 Å². The van der Waals surface area contributed by atoms with Gasteiger partial charge in [-0.25, -0.2) is 5.43 Å². The first kappa shape index (κ1) is 17.7. The molecule has 0 saturated carbocycles. The maximum absolute atomic E-state index is 11.5. The molecule has 0 radical (unpaired) electrons. The summed E-state index contributed by atoms with van der Waals surface area (Å²) < 4.78 is 5.44. The minimum Gasteiger partial charge on any atom is -0.489 e. The van der Waals surface area contributed by atoms with Gasteiger partial charge in [-0.15, -0.1) is 0 Å². The number of hydrogen-bond donors (Lipinski definition) is 2. The van der Waals surface area contributed by atoms with Crippen LogP contribution in [0.2, 0.25) is 5.02 Å². The van der Waals surface area contributed by atoms with E-state index >= 15 is 0 Å². The van der Waals surface area contributed by atoms with Gasteiger partial charge in [0.1, 0.15) is 12.4 Å². The van der Waals surface area contributed by atoms with E-state index in [0.29, 0.717) is 22.9 Å². The quantitative estimate of drug-likeness (QED) is 0.363. The predicted octanol–water partition coefficient (Wildman–Crippen LogP) is 1.88. The highest BCUT2D eigenvalue weighted by molar-refractivity contribution is 6.35. The minimum atomic E-state index is -0.847. The van der Waals surface area contributed by atoms with Crippen molar-refractivity contribution in [3.8, 4) is 5.75 Å². The van der Waals surface area contributed by atoms with Crippen molar-refractivity contribution in [1.29, 1.82) is 0 Å². The van der Waals surface area contributed by atoms with E-state index < -0.39 is 11.8 Å². The molecule has 1 aromatic carbocycles. The van der Waals surface area contributed by atoms with E-state index in [4.69, 9.17) is 16.3 Å². The molecule has 6 nitrogen and oxygen atoms in total. The van der Waals surface area contributed by atoms with Gasteiger partial charge in [0.25, 0.3) is 0 Å². The van der Waals surface area contributed by atoms with Crippen LogP contribution in [0.1, 0.15) is 19.4 Å². The highest BCUT2D eigenvalue weighted by Gasteiger charge is 2.13. The average Bonchev–Trinajstić information content (AvgIpc) is 2.45. The van der Waals surface area contributed by atoms with Gasteiger partial charge in [-0.05, 0) is 32.0 Å². The second-order valence-electron chi connectivity index (χ2n) is 4.61. The lowest BCUT2D eigenvalue weighted by Crippen LogP contribution is -2.41. The van der Waals surface area contributed by atoms with Gasteiger partial charge in [0.05, 0.1) is 6.21 Å². The van der Waals surface area contributed by atoms with Crippen LogP contribution >= 0.6 is 11.6 Å². The third-order valence-electron chi connectivity index (χ3n) is 2.32. The molecule has 0 spiro atoms. The Balaban J connectivity index is 2.72. The molecule has 2 N–H and O–H groups in total. The van der Waals surface area contributed by atoms with Crippen LogP contribution in [0.4, 0.5) is 0 Å². The molecule has 0 aliphatic heterocycles. The van der Waals surface area contributed by atoms with Gasteiger partial charge >= 0.3 is 11.8 Å². The number of ether oxygens (including phenoxy) is 1. The second kappa shape index (κ2) is 8.84. The molecule has 0 atom stereocenters. The number of carbonyl (C=O) groups excluding carboxylic acids is 2. The predicted molar refractivity (Wildman–Crippen MR) is 86.2 cm³/mol. The number of carbonyl (C=O) groups is 2. The molecule has 0 aliphatic rings. The first-order valence-electron chi connectivity index (χ1n) is 6.61. The molecule has 1 rings (SSSR count). The van der Waals surface area contributed by atoms with Crippen molar-refractivity contribution in [2.45, 2.75) is 19.9 Å². The monoisotopic (exact) mass is 323 g/mol. The van der Waals surface area contributed by atoms with Gasteiger partial charge in [0, 0.05) is 16.6 Å². The number of benzene rings is 1. The Morgan fingerprint density at radius 2 is 2.14 bits per heavy atom. The summed E-state index contributed by atoms with van der Waals surface area (Å²) in [6, 6.07) is 4.85. The Kier molecular flexibility index (Phi) is 7.12. The topological polar surface area (TPSA) is 79.8 Å². The molecule has 7 heteroatoms. The standard InChI is InChI=1S/C15H18ClN3O3/c1-4-7-22-13-6-5-12(16)8-11(13)9-17-19-15(21)14(20)18-10(2)3/h4-6,8-10H,1,7H2,2-3H3,(H,18,20)(H,19,21)/b17-9-.